The molecule has 5 atom stereocenters. The zero-order valence-corrected chi connectivity index (χ0v) is 13.5. The van der Waals surface area contributed by atoms with Gasteiger partial charge in [0.05, 0.1) is 0 Å². The van der Waals surface area contributed by atoms with Crippen molar-refractivity contribution >= 4 is 11.8 Å². The number of halogens is 3. The molecule has 1 aliphatic heterocycles. The van der Waals surface area contributed by atoms with Crippen LogP contribution in [-0.2, 0) is 16.0 Å². The fraction of sp³-hybridized carbons (Fsp3) is 0.556. The van der Waals surface area contributed by atoms with Crippen molar-refractivity contribution in [3.05, 3.63) is 35.4 Å². The van der Waals surface area contributed by atoms with Crippen molar-refractivity contribution in [1.82, 2.24) is 10.6 Å². The minimum atomic E-state index is -4.47. The van der Waals surface area contributed by atoms with E-state index in [1.54, 1.807) is 0 Å². The first kappa shape index (κ1) is 16.4. The third-order valence-corrected chi connectivity index (χ3v) is 5.73. The first-order chi connectivity index (χ1) is 11.9. The van der Waals surface area contributed by atoms with Gasteiger partial charge in [-0.15, -0.1) is 0 Å². The Kier molecular flexibility index (Phi) is 3.77. The summed E-state index contributed by atoms with van der Waals surface area (Å²) in [6.07, 6.45) is -2.83. The summed E-state index contributed by atoms with van der Waals surface area (Å²) in [4.78, 5) is 24.4. The number of rotatable bonds is 2. The Labute approximate surface area is 143 Å². The Morgan fingerprint density at radius 3 is 2.64 bits per heavy atom. The molecular formula is C18H19F3N2O2. The molecule has 1 heterocycles. The molecule has 0 bridgehead atoms. The molecule has 5 unspecified atom stereocenters. The summed E-state index contributed by atoms with van der Waals surface area (Å²) in [5, 5.41) is 4.84. The molecule has 4 rings (SSSR count). The molecule has 2 N–H and O–H groups in total. The number of benzene rings is 1. The number of alkyl halides is 3. The molecule has 0 spiro atoms. The Balaban J connectivity index is 1.39. The van der Waals surface area contributed by atoms with E-state index >= 15 is 0 Å². The smallest absolute Gasteiger partial charge is 0.352 e. The first-order valence-corrected chi connectivity index (χ1v) is 8.61. The van der Waals surface area contributed by atoms with Crippen LogP contribution >= 0.6 is 0 Å². The molecule has 1 aromatic carbocycles. The Hall–Kier alpha value is -2.05. The monoisotopic (exact) mass is 352 g/mol. The van der Waals surface area contributed by atoms with Crippen LogP contribution in [0.3, 0.4) is 0 Å². The average molecular weight is 352 g/mol. The fourth-order valence-corrected chi connectivity index (χ4v) is 4.33. The summed E-state index contributed by atoms with van der Waals surface area (Å²) in [6.45, 7) is 0. The minimum absolute atomic E-state index is 0.00992. The molecule has 2 amide bonds. The lowest BCUT2D eigenvalue weighted by Gasteiger charge is -2.29. The van der Waals surface area contributed by atoms with E-state index in [9.17, 15) is 22.8 Å². The third-order valence-electron chi connectivity index (χ3n) is 5.73. The van der Waals surface area contributed by atoms with E-state index in [2.05, 4.69) is 17.4 Å². The van der Waals surface area contributed by atoms with Crippen LogP contribution in [0.1, 0.15) is 36.3 Å². The zero-order chi connectivity index (χ0) is 17.8. The van der Waals surface area contributed by atoms with E-state index in [1.807, 2.05) is 17.4 Å². The highest BCUT2D eigenvalue weighted by Crippen LogP contribution is 2.54. The van der Waals surface area contributed by atoms with Crippen LogP contribution < -0.4 is 10.6 Å². The lowest BCUT2D eigenvalue weighted by molar-refractivity contribution is -0.171. The van der Waals surface area contributed by atoms with Crippen molar-refractivity contribution in [3.63, 3.8) is 0 Å². The van der Waals surface area contributed by atoms with Gasteiger partial charge in [0.15, 0.2) is 0 Å². The van der Waals surface area contributed by atoms with Gasteiger partial charge in [-0.1, -0.05) is 24.3 Å². The van der Waals surface area contributed by atoms with Crippen LogP contribution in [0.5, 0.6) is 0 Å². The summed E-state index contributed by atoms with van der Waals surface area (Å²) < 4.78 is 38.1. The topological polar surface area (TPSA) is 58.2 Å². The Bertz CT molecular complexity index is 719. The predicted octanol–water partition coefficient (Wildman–Crippen LogP) is 2.29. The number of carbonyl (C=O) groups excluding carboxylic acids is 2. The van der Waals surface area contributed by atoms with Crippen LogP contribution in [0.2, 0.25) is 0 Å². The number of hydrogen-bond acceptors (Lipinski definition) is 2. The van der Waals surface area contributed by atoms with Crippen molar-refractivity contribution in [3.8, 4) is 0 Å². The van der Waals surface area contributed by atoms with E-state index in [4.69, 9.17) is 0 Å². The predicted molar refractivity (Wildman–Crippen MR) is 83.6 cm³/mol. The molecule has 25 heavy (non-hydrogen) atoms. The fourth-order valence-electron chi connectivity index (χ4n) is 4.33. The van der Waals surface area contributed by atoms with Crippen molar-refractivity contribution < 1.29 is 22.8 Å². The molecule has 134 valence electrons. The number of piperidine rings is 1. The van der Waals surface area contributed by atoms with Gasteiger partial charge in [0.2, 0.25) is 11.8 Å². The van der Waals surface area contributed by atoms with Crippen LogP contribution in [0.4, 0.5) is 13.2 Å². The number of nitrogens with one attached hydrogen (secondary N) is 2. The summed E-state index contributed by atoms with van der Waals surface area (Å²) in [5.41, 5.74) is 2.54. The van der Waals surface area contributed by atoms with E-state index in [0.29, 0.717) is 5.92 Å². The number of aryl methyl sites for hydroxylation is 1. The van der Waals surface area contributed by atoms with Crippen molar-refractivity contribution in [2.24, 2.45) is 11.8 Å². The molecule has 1 saturated carbocycles. The quantitative estimate of drug-likeness (QED) is 0.803. The lowest BCUT2D eigenvalue weighted by Crippen LogP contribution is -2.54. The largest absolute Gasteiger partial charge is 0.408 e. The molecule has 1 aromatic rings. The molecule has 2 aliphatic carbocycles. The Morgan fingerprint density at radius 2 is 1.92 bits per heavy atom. The van der Waals surface area contributed by atoms with Gasteiger partial charge in [-0.3, -0.25) is 9.59 Å². The van der Waals surface area contributed by atoms with Gasteiger partial charge >= 0.3 is 6.18 Å². The molecule has 0 aromatic heterocycles. The molecule has 4 nitrogen and oxygen atoms in total. The SMILES string of the molecule is O=C(NC1C2CCc3ccccc3C21)C1CCC(C(F)(F)F)NC1=O. The summed E-state index contributed by atoms with van der Waals surface area (Å²) in [7, 11) is 0. The molecule has 1 saturated heterocycles. The zero-order valence-electron chi connectivity index (χ0n) is 13.5. The molecule has 3 aliphatic rings. The van der Waals surface area contributed by atoms with E-state index in [0.717, 1.165) is 12.8 Å². The maximum Gasteiger partial charge on any atom is 0.408 e. The van der Waals surface area contributed by atoms with E-state index < -0.39 is 30.0 Å². The number of amides is 2. The molecule has 2 fully saturated rings. The molecule has 0 radical (unpaired) electrons. The standard InChI is InChI=1S/C18H19F3N2O2/c19-18(20,21)13-8-7-12(16(24)22-13)17(25)23-15-11-6-5-9-3-1-2-4-10(9)14(11)15/h1-4,11-15H,5-8H2,(H,22,24)(H,23,25). The average Bonchev–Trinajstić information content (AvgIpc) is 3.27. The van der Waals surface area contributed by atoms with Gasteiger partial charge in [0, 0.05) is 12.0 Å². The molecular weight excluding hydrogens is 333 g/mol. The lowest BCUT2D eigenvalue weighted by atomic mass is 9.92. The van der Waals surface area contributed by atoms with Gasteiger partial charge < -0.3 is 10.6 Å². The molecule has 7 heteroatoms. The second kappa shape index (κ2) is 5.75. The van der Waals surface area contributed by atoms with Crippen molar-refractivity contribution in [1.29, 1.82) is 0 Å². The minimum Gasteiger partial charge on any atom is -0.352 e. The number of fused-ring (bicyclic) bond motifs is 3. The highest BCUT2D eigenvalue weighted by atomic mass is 19.4. The summed E-state index contributed by atoms with van der Waals surface area (Å²) in [5.74, 6) is -1.67. The highest BCUT2D eigenvalue weighted by molar-refractivity contribution is 6.01. The van der Waals surface area contributed by atoms with Gasteiger partial charge in [-0.2, -0.15) is 13.2 Å². The van der Waals surface area contributed by atoms with Crippen LogP contribution in [0.15, 0.2) is 24.3 Å². The number of hydrogen-bond donors (Lipinski definition) is 2. The van der Waals surface area contributed by atoms with Crippen LogP contribution in [0, 0.1) is 11.8 Å². The van der Waals surface area contributed by atoms with Gasteiger partial charge in [-0.25, -0.2) is 0 Å². The van der Waals surface area contributed by atoms with Crippen LogP contribution in [0.25, 0.3) is 0 Å². The van der Waals surface area contributed by atoms with Gasteiger partial charge in [0.25, 0.3) is 0 Å². The van der Waals surface area contributed by atoms with Crippen molar-refractivity contribution in [2.75, 3.05) is 0 Å². The Morgan fingerprint density at radius 1 is 1.16 bits per heavy atom. The van der Waals surface area contributed by atoms with E-state index in [-0.39, 0.29) is 24.8 Å². The maximum absolute atomic E-state index is 12.7. The third kappa shape index (κ3) is 2.89. The second-order valence-corrected chi connectivity index (χ2v) is 7.19. The normalized spacial score (nSPS) is 33.7. The number of carbonyl (C=O) groups is 2. The summed E-state index contributed by atoms with van der Waals surface area (Å²) in [6, 6.07) is 6.28. The van der Waals surface area contributed by atoms with E-state index in [1.165, 1.54) is 11.1 Å². The van der Waals surface area contributed by atoms with Crippen molar-refractivity contribution in [2.45, 2.75) is 49.9 Å². The van der Waals surface area contributed by atoms with Gasteiger partial charge in [-0.05, 0) is 42.7 Å². The maximum atomic E-state index is 12.7. The highest BCUT2D eigenvalue weighted by Gasteiger charge is 2.55. The second-order valence-electron chi connectivity index (χ2n) is 7.19. The van der Waals surface area contributed by atoms with Crippen LogP contribution in [-0.4, -0.2) is 30.1 Å². The van der Waals surface area contributed by atoms with Gasteiger partial charge in [0.1, 0.15) is 12.0 Å². The first-order valence-electron chi connectivity index (χ1n) is 8.61. The summed E-state index contributed by atoms with van der Waals surface area (Å²) >= 11 is 0.